The highest BCUT2D eigenvalue weighted by Gasteiger charge is 2.34. The van der Waals surface area contributed by atoms with E-state index in [1.165, 1.54) is 19.1 Å². The molecule has 2 aromatic rings. The number of fused-ring (bicyclic) bond motifs is 5. The first-order valence-corrected chi connectivity index (χ1v) is 11.7. The van der Waals surface area contributed by atoms with Crippen molar-refractivity contribution in [3.63, 3.8) is 0 Å². The number of carbonyl (C=O) groups excluding carboxylic acids is 3. The predicted molar refractivity (Wildman–Crippen MR) is 133 cm³/mol. The van der Waals surface area contributed by atoms with Crippen molar-refractivity contribution in [3.05, 3.63) is 52.5 Å². The van der Waals surface area contributed by atoms with Gasteiger partial charge in [0, 0.05) is 24.9 Å². The minimum Gasteiger partial charge on any atom is -0.508 e. The summed E-state index contributed by atoms with van der Waals surface area (Å²) in [6.07, 6.45) is 0.899. The lowest BCUT2D eigenvalue weighted by Gasteiger charge is -2.30. The number of phenols is 1. The highest BCUT2D eigenvalue weighted by atomic mass is 35.5. The molecule has 2 aromatic carbocycles. The van der Waals surface area contributed by atoms with Crippen molar-refractivity contribution in [2.24, 2.45) is 11.5 Å². The van der Waals surface area contributed by atoms with Crippen LogP contribution in [0.5, 0.6) is 5.75 Å². The van der Waals surface area contributed by atoms with Crippen molar-refractivity contribution < 1.29 is 24.2 Å². The second kappa shape index (κ2) is 11.5. The molecule has 1 heterocycles. The first-order chi connectivity index (χ1) is 16.7. The Kier molecular flexibility index (Phi) is 8.71. The molecule has 0 radical (unpaired) electrons. The molecule has 10 heteroatoms. The zero-order chi connectivity index (χ0) is 25.7. The lowest BCUT2D eigenvalue weighted by molar-refractivity contribution is -0.152. The maximum absolute atomic E-state index is 13.4. The van der Waals surface area contributed by atoms with Gasteiger partial charge in [-0.1, -0.05) is 23.7 Å². The summed E-state index contributed by atoms with van der Waals surface area (Å²) in [5, 5.41) is 13.5. The number of benzene rings is 2. The molecule has 6 N–H and O–H groups in total. The molecule has 2 amide bonds. The van der Waals surface area contributed by atoms with Crippen LogP contribution in [0.15, 0.2) is 36.4 Å². The Balaban J connectivity index is 2.14. The summed E-state index contributed by atoms with van der Waals surface area (Å²) in [6, 6.07) is 7.47. The first kappa shape index (κ1) is 26.5. The monoisotopic (exact) mass is 502 g/mol. The summed E-state index contributed by atoms with van der Waals surface area (Å²) in [6.45, 7) is 0.318. The fraction of sp³-hybridized carbons (Fsp3) is 0.400. The minimum atomic E-state index is -1.02. The van der Waals surface area contributed by atoms with E-state index in [2.05, 4.69) is 5.32 Å². The second-order valence-corrected chi connectivity index (χ2v) is 9.05. The number of hydrogen-bond acceptors (Lipinski definition) is 7. The van der Waals surface area contributed by atoms with Gasteiger partial charge in [-0.2, -0.15) is 0 Å². The zero-order valence-electron chi connectivity index (χ0n) is 19.8. The van der Waals surface area contributed by atoms with Crippen molar-refractivity contribution in [1.82, 2.24) is 10.2 Å². The average Bonchev–Trinajstić information content (AvgIpc) is 2.85. The van der Waals surface area contributed by atoms with E-state index in [0.29, 0.717) is 29.1 Å². The number of nitrogens with zero attached hydrogens (tertiary/aromatic N) is 1. The van der Waals surface area contributed by atoms with Crippen LogP contribution in [-0.2, 0) is 32.0 Å². The Morgan fingerprint density at radius 2 is 1.83 bits per heavy atom. The third kappa shape index (κ3) is 6.11. The van der Waals surface area contributed by atoms with Gasteiger partial charge in [0.1, 0.15) is 17.8 Å². The fourth-order valence-electron chi connectivity index (χ4n) is 4.15. The van der Waals surface area contributed by atoms with Crippen LogP contribution in [-0.4, -0.2) is 66.6 Å². The largest absolute Gasteiger partial charge is 0.508 e. The van der Waals surface area contributed by atoms with E-state index in [9.17, 15) is 19.5 Å². The Bertz CT molecular complexity index is 1110. The smallest absolute Gasteiger partial charge is 0.328 e. The highest BCUT2D eigenvalue weighted by molar-refractivity contribution is 6.31. The number of esters is 1. The van der Waals surface area contributed by atoms with Gasteiger partial charge in [0.25, 0.3) is 0 Å². The number of ether oxygens (including phenoxy) is 1. The molecule has 1 aliphatic rings. The van der Waals surface area contributed by atoms with Gasteiger partial charge in [0.05, 0.1) is 13.2 Å². The number of methoxy groups -OCH3 is 1. The Hall–Kier alpha value is -3.14. The quantitative estimate of drug-likeness (QED) is 0.461. The first-order valence-electron chi connectivity index (χ1n) is 11.4. The molecule has 1 aliphatic heterocycles. The van der Waals surface area contributed by atoms with Gasteiger partial charge in [0.15, 0.2) is 0 Å². The Morgan fingerprint density at radius 1 is 1.17 bits per heavy atom. The highest BCUT2D eigenvalue weighted by Crippen LogP contribution is 2.31. The predicted octanol–water partition coefficient (Wildman–Crippen LogP) is 1.36. The van der Waals surface area contributed by atoms with Crippen molar-refractivity contribution >= 4 is 29.4 Å². The maximum atomic E-state index is 13.4. The number of nitrogens with two attached hydrogens (primary N) is 2. The van der Waals surface area contributed by atoms with Gasteiger partial charge in [0.2, 0.25) is 11.8 Å². The zero-order valence-corrected chi connectivity index (χ0v) is 20.5. The fourth-order valence-corrected chi connectivity index (χ4v) is 4.34. The third-order valence-corrected chi connectivity index (χ3v) is 6.62. The number of hydrogen-bond donors (Lipinski definition) is 4. The van der Waals surface area contributed by atoms with Gasteiger partial charge in [-0.25, -0.2) is 4.79 Å². The van der Waals surface area contributed by atoms with Crippen molar-refractivity contribution in [2.75, 3.05) is 20.7 Å². The van der Waals surface area contributed by atoms with Gasteiger partial charge in [-0.15, -0.1) is 0 Å². The van der Waals surface area contributed by atoms with E-state index in [4.69, 9.17) is 27.8 Å². The van der Waals surface area contributed by atoms with Gasteiger partial charge < -0.3 is 31.5 Å². The van der Waals surface area contributed by atoms with Crippen molar-refractivity contribution in [1.29, 1.82) is 0 Å². The Labute approximate surface area is 209 Å². The van der Waals surface area contributed by atoms with Crippen molar-refractivity contribution in [3.8, 4) is 16.9 Å². The average molecular weight is 503 g/mol. The van der Waals surface area contributed by atoms with Crippen LogP contribution >= 0.6 is 11.6 Å². The SMILES string of the molecule is COC(=O)[C@@H]1Cc2cc(ccc2Cl)-c2ccc(O)c(c2)CC(N)C(=O)N[C@@H](CCCN)C(=O)N1C. The molecular formula is C25H31ClN4O5. The number of nitrogens with one attached hydrogen (secondary N) is 1. The number of halogens is 1. The Morgan fingerprint density at radius 3 is 2.49 bits per heavy atom. The van der Waals surface area contributed by atoms with E-state index >= 15 is 0 Å². The van der Waals surface area contributed by atoms with Gasteiger partial charge in [-0.3, -0.25) is 9.59 Å². The number of carbonyl (C=O) groups is 3. The third-order valence-electron chi connectivity index (χ3n) is 6.25. The lowest BCUT2D eigenvalue weighted by atomic mass is 9.96. The summed E-state index contributed by atoms with van der Waals surface area (Å²) >= 11 is 6.47. The molecule has 3 rings (SSSR count). The van der Waals surface area contributed by atoms with E-state index in [1.54, 1.807) is 24.3 Å². The van der Waals surface area contributed by atoms with Crippen LogP contribution < -0.4 is 16.8 Å². The van der Waals surface area contributed by atoms with Crippen LogP contribution in [0.2, 0.25) is 5.02 Å². The van der Waals surface area contributed by atoms with Crippen molar-refractivity contribution in [2.45, 2.75) is 43.8 Å². The molecular weight excluding hydrogens is 472 g/mol. The number of amides is 2. The molecule has 3 atom stereocenters. The number of rotatable bonds is 4. The van der Waals surface area contributed by atoms with E-state index in [0.717, 1.165) is 11.1 Å². The molecule has 0 saturated heterocycles. The van der Waals surface area contributed by atoms with Gasteiger partial charge >= 0.3 is 5.97 Å². The normalized spacial score (nSPS) is 21.1. The van der Waals surface area contributed by atoms with E-state index in [-0.39, 0.29) is 25.0 Å². The molecule has 0 fully saturated rings. The summed E-state index contributed by atoms with van der Waals surface area (Å²) in [7, 11) is 2.74. The van der Waals surface area contributed by atoms with E-state index < -0.39 is 35.9 Å². The molecule has 4 bridgehead atoms. The summed E-state index contributed by atoms with van der Waals surface area (Å²) in [5.74, 6) is -1.62. The molecule has 1 unspecified atom stereocenters. The minimum absolute atomic E-state index is 0.0109. The number of likely N-dealkylation sites (N-methyl/N-ethyl adjacent to an activating group) is 1. The van der Waals surface area contributed by atoms with Crippen LogP contribution in [0.3, 0.4) is 0 Å². The molecule has 0 saturated carbocycles. The van der Waals surface area contributed by atoms with Crippen LogP contribution in [0, 0.1) is 0 Å². The molecule has 0 aliphatic carbocycles. The van der Waals surface area contributed by atoms with Crippen LogP contribution in [0.1, 0.15) is 24.0 Å². The second-order valence-electron chi connectivity index (χ2n) is 8.64. The topological polar surface area (TPSA) is 148 Å². The molecule has 0 aromatic heterocycles. The molecule has 9 nitrogen and oxygen atoms in total. The lowest BCUT2D eigenvalue weighted by Crippen LogP contribution is -2.55. The summed E-state index contributed by atoms with van der Waals surface area (Å²) in [5.41, 5.74) is 14.5. The van der Waals surface area contributed by atoms with Crippen LogP contribution in [0.4, 0.5) is 0 Å². The molecule has 0 spiro atoms. The summed E-state index contributed by atoms with van der Waals surface area (Å²) < 4.78 is 4.98. The maximum Gasteiger partial charge on any atom is 0.328 e. The number of phenolic OH excluding ortho intramolecular Hbond substituents is 1. The molecule has 35 heavy (non-hydrogen) atoms. The van der Waals surface area contributed by atoms with E-state index in [1.807, 2.05) is 12.1 Å². The van der Waals surface area contributed by atoms with Crippen LogP contribution in [0.25, 0.3) is 11.1 Å². The standard InChI is InChI=1S/C25H31ClN4O5/c1-30-21(25(34)35-2)13-16-10-14(5-7-18(16)26)15-6-8-22(31)17(11-15)12-19(28)23(32)29-20(24(30)33)4-3-9-27/h5-8,10-11,19-21,31H,3-4,9,12-13,27-28H2,1-2H3,(H,29,32)/t19?,20-,21-/m0/s1. The van der Waals surface area contributed by atoms with Gasteiger partial charge in [-0.05, 0) is 65.9 Å². The summed E-state index contributed by atoms with van der Waals surface area (Å²) in [4.78, 5) is 40.4. The number of aromatic hydroxyl groups is 1. The molecule has 188 valence electrons.